The molecule has 0 saturated heterocycles. The van der Waals surface area contributed by atoms with Gasteiger partial charge in [-0.2, -0.15) is 0 Å². The Bertz CT molecular complexity index is 443. The summed E-state index contributed by atoms with van der Waals surface area (Å²) in [4.78, 5) is 0. The first-order chi connectivity index (χ1) is 11.6. The number of methoxy groups -OCH3 is 1. The molecule has 0 radical (unpaired) electrons. The Labute approximate surface area is 147 Å². The van der Waals surface area contributed by atoms with E-state index in [1.54, 1.807) is 7.11 Å². The number of ether oxygens (including phenoxy) is 3. The van der Waals surface area contributed by atoms with Crippen molar-refractivity contribution in [3.63, 3.8) is 0 Å². The van der Waals surface area contributed by atoms with E-state index in [0.717, 1.165) is 30.8 Å². The molecule has 2 atom stereocenters. The SMILES string of the molecule is CC.COC1CC(Oc2cccc(OCC(C)CC(C)CO)c2)C1. The Morgan fingerprint density at radius 2 is 1.75 bits per heavy atom. The molecule has 1 aromatic carbocycles. The lowest BCUT2D eigenvalue weighted by Gasteiger charge is -2.34. The van der Waals surface area contributed by atoms with Crippen molar-refractivity contribution in [1.82, 2.24) is 0 Å². The summed E-state index contributed by atoms with van der Waals surface area (Å²) < 4.78 is 17.0. The molecule has 0 heterocycles. The fourth-order valence-electron chi connectivity index (χ4n) is 2.70. The first-order valence-corrected chi connectivity index (χ1v) is 9.13. The number of hydrogen-bond acceptors (Lipinski definition) is 4. The van der Waals surface area contributed by atoms with E-state index in [1.807, 2.05) is 38.1 Å². The molecule has 2 unspecified atom stereocenters. The first kappa shape index (κ1) is 20.8. The minimum absolute atomic E-state index is 0.234. The maximum Gasteiger partial charge on any atom is 0.123 e. The van der Waals surface area contributed by atoms with Crippen LogP contribution < -0.4 is 9.47 Å². The fourth-order valence-corrected chi connectivity index (χ4v) is 2.70. The third-order valence-electron chi connectivity index (χ3n) is 4.14. The Kier molecular flexibility index (Phi) is 9.80. The van der Waals surface area contributed by atoms with Crippen LogP contribution in [0, 0.1) is 11.8 Å². The predicted octanol–water partition coefficient (Wildman–Crippen LogP) is 4.30. The van der Waals surface area contributed by atoms with Crippen molar-refractivity contribution < 1.29 is 19.3 Å². The molecule has 1 N–H and O–H groups in total. The van der Waals surface area contributed by atoms with Gasteiger partial charge in [0.15, 0.2) is 0 Å². The molecular formula is C20H34O4. The van der Waals surface area contributed by atoms with Gasteiger partial charge in [0.05, 0.1) is 12.7 Å². The maximum atomic E-state index is 9.09. The lowest BCUT2D eigenvalue weighted by Crippen LogP contribution is -2.38. The molecule has 0 aliphatic heterocycles. The molecule has 4 heteroatoms. The second kappa shape index (κ2) is 11.3. The Morgan fingerprint density at radius 3 is 2.38 bits per heavy atom. The smallest absolute Gasteiger partial charge is 0.123 e. The number of aliphatic hydroxyl groups is 1. The van der Waals surface area contributed by atoms with Crippen molar-refractivity contribution in [2.75, 3.05) is 20.3 Å². The van der Waals surface area contributed by atoms with Gasteiger partial charge < -0.3 is 19.3 Å². The predicted molar refractivity (Wildman–Crippen MR) is 97.8 cm³/mol. The Hall–Kier alpha value is -1.26. The summed E-state index contributed by atoms with van der Waals surface area (Å²) in [5.74, 6) is 2.43. The van der Waals surface area contributed by atoms with E-state index >= 15 is 0 Å². The molecule has 1 aliphatic carbocycles. The summed E-state index contributed by atoms with van der Waals surface area (Å²) in [6.07, 6.45) is 3.48. The van der Waals surface area contributed by atoms with Crippen LogP contribution in [-0.2, 0) is 4.74 Å². The molecule has 1 aromatic rings. The number of hydrogen-bond donors (Lipinski definition) is 1. The lowest BCUT2D eigenvalue weighted by atomic mass is 9.92. The van der Waals surface area contributed by atoms with Gasteiger partial charge in [0.1, 0.15) is 17.6 Å². The number of aliphatic hydroxyl groups excluding tert-OH is 1. The van der Waals surface area contributed by atoms with Crippen LogP contribution in [0.5, 0.6) is 11.5 Å². The molecule has 0 amide bonds. The van der Waals surface area contributed by atoms with E-state index < -0.39 is 0 Å². The summed E-state index contributed by atoms with van der Waals surface area (Å²) in [5.41, 5.74) is 0. The van der Waals surface area contributed by atoms with Gasteiger partial charge in [-0.1, -0.05) is 33.8 Å². The molecule has 138 valence electrons. The maximum absolute atomic E-state index is 9.09. The summed E-state index contributed by atoms with van der Waals surface area (Å²) in [5, 5.41) is 9.09. The Morgan fingerprint density at radius 1 is 1.08 bits per heavy atom. The first-order valence-electron chi connectivity index (χ1n) is 9.13. The third-order valence-corrected chi connectivity index (χ3v) is 4.14. The summed E-state index contributed by atoms with van der Waals surface area (Å²) in [6.45, 7) is 9.09. The van der Waals surface area contributed by atoms with Crippen LogP contribution in [0.25, 0.3) is 0 Å². The average molecular weight is 338 g/mol. The number of rotatable bonds is 9. The van der Waals surface area contributed by atoms with Crippen LogP contribution in [0.4, 0.5) is 0 Å². The molecule has 0 aromatic heterocycles. The zero-order chi connectivity index (χ0) is 17.9. The summed E-state index contributed by atoms with van der Waals surface area (Å²) in [6, 6.07) is 7.82. The number of benzene rings is 1. The van der Waals surface area contributed by atoms with E-state index in [1.165, 1.54) is 0 Å². The van der Waals surface area contributed by atoms with Gasteiger partial charge in [-0.25, -0.2) is 0 Å². The normalized spacial score (nSPS) is 21.8. The van der Waals surface area contributed by atoms with Crippen molar-refractivity contribution in [2.45, 2.75) is 59.2 Å². The van der Waals surface area contributed by atoms with Crippen LogP contribution in [0.15, 0.2) is 24.3 Å². The molecule has 1 saturated carbocycles. The summed E-state index contributed by atoms with van der Waals surface area (Å²) in [7, 11) is 1.74. The van der Waals surface area contributed by atoms with Crippen LogP contribution >= 0.6 is 0 Å². The quantitative estimate of drug-likeness (QED) is 0.729. The van der Waals surface area contributed by atoms with E-state index in [4.69, 9.17) is 19.3 Å². The van der Waals surface area contributed by atoms with Crippen molar-refractivity contribution in [3.05, 3.63) is 24.3 Å². The highest BCUT2D eigenvalue weighted by atomic mass is 16.5. The van der Waals surface area contributed by atoms with Crippen molar-refractivity contribution >= 4 is 0 Å². The minimum Gasteiger partial charge on any atom is -0.493 e. The largest absolute Gasteiger partial charge is 0.493 e. The zero-order valence-corrected chi connectivity index (χ0v) is 15.8. The molecule has 2 rings (SSSR count). The van der Waals surface area contributed by atoms with E-state index in [-0.39, 0.29) is 12.7 Å². The van der Waals surface area contributed by atoms with E-state index in [0.29, 0.717) is 24.5 Å². The molecule has 4 nitrogen and oxygen atoms in total. The highest BCUT2D eigenvalue weighted by molar-refractivity contribution is 5.33. The van der Waals surface area contributed by atoms with Crippen molar-refractivity contribution in [2.24, 2.45) is 11.8 Å². The topological polar surface area (TPSA) is 47.9 Å². The van der Waals surface area contributed by atoms with E-state index in [9.17, 15) is 0 Å². The second-order valence-electron chi connectivity index (χ2n) is 6.48. The highest BCUT2D eigenvalue weighted by Gasteiger charge is 2.30. The monoisotopic (exact) mass is 338 g/mol. The lowest BCUT2D eigenvalue weighted by molar-refractivity contribution is -0.0381. The third kappa shape index (κ3) is 7.10. The van der Waals surface area contributed by atoms with Crippen LogP contribution in [0.2, 0.25) is 0 Å². The van der Waals surface area contributed by atoms with Gasteiger partial charge in [-0.15, -0.1) is 0 Å². The van der Waals surface area contributed by atoms with Crippen LogP contribution in [0.3, 0.4) is 0 Å². The van der Waals surface area contributed by atoms with Gasteiger partial charge >= 0.3 is 0 Å². The van der Waals surface area contributed by atoms with Gasteiger partial charge in [0.2, 0.25) is 0 Å². The minimum atomic E-state index is 0.234. The average Bonchev–Trinajstić information content (AvgIpc) is 2.58. The fraction of sp³-hybridized carbons (Fsp3) is 0.700. The second-order valence-corrected chi connectivity index (χ2v) is 6.48. The van der Waals surface area contributed by atoms with Gasteiger partial charge in [-0.3, -0.25) is 0 Å². The highest BCUT2D eigenvalue weighted by Crippen LogP contribution is 2.29. The molecule has 0 bridgehead atoms. The molecule has 24 heavy (non-hydrogen) atoms. The molecule has 1 aliphatic rings. The Balaban J connectivity index is 0.00000139. The summed E-state index contributed by atoms with van der Waals surface area (Å²) >= 11 is 0. The zero-order valence-electron chi connectivity index (χ0n) is 15.8. The van der Waals surface area contributed by atoms with Crippen LogP contribution in [-0.4, -0.2) is 37.6 Å². The van der Waals surface area contributed by atoms with E-state index in [2.05, 4.69) is 13.8 Å². The molecule has 1 fully saturated rings. The van der Waals surface area contributed by atoms with Gasteiger partial charge in [0.25, 0.3) is 0 Å². The molecular weight excluding hydrogens is 304 g/mol. The van der Waals surface area contributed by atoms with Crippen molar-refractivity contribution in [3.8, 4) is 11.5 Å². The van der Waals surface area contributed by atoms with Gasteiger partial charge in [-0.05, 0) is 30.4 Å². The van der Waals surface area contributed by atoms with Crippen molar-refractivity contribution in [1.29, 1.82) is 0 Å². The molecule has 0 spiro atoms. The van der Waals surface area contributed by atoms with Crippen LogP contribution in [0.1, 0.15) is 47.0 Å². The van der Waals surface area contributed by atoms with Gasteiger partial charge in [0, 0.05) is 32.6 Å². The standard InChI is InChI=1S/C18H28O4.C2H6/c1-13(11-19)7-14(2)12-21-15-5-4-6-16(8-15)22-18-9-17(10-18)20-3;1-2/h4-6,8,13-14,17-19H,7,9-12H2,1-3H3;1-2H3.